The van der Waals surface area contributed by atoms with Crippen molar-refractivity contribution in [2.45, 2.75) is 37.7 Å². The standard InChI is InChI=1S/C20H22BrClN2O2S/c1-14(25)24-19(2,3)10-7-11-20(13-22,27-4)26-18-16(21)12-15-8-5-6-9-17(15)23-18/h5-6,8-9,12H,11,13H2,1-4H3,(H,24,25). The van der Waals surface area contributed by atoms with Crippen LogP contribution < -0.4 is 10.1 Å². The number of thioether (sulfide) groups is 1. The van der Waals surface area contributed by atoms with Gasteiger partial charge >= 0.3 is 0 Å². The molecule has 1 unspecified atom stereocenters. The van der Waals surface area contributed by atoms with Gasteiger partial charge in [0.1, 0.15) is 0 Å². The van der Waals surface area contributed by atoms with Crippen molar-refractivity contribution < 1.29 is 9.53 Å². The summed E-state index contributed by atoms with van der Waals surface area (Å²) in [6, 6.07) is 9.81. The van der Waals surface area contributed by atoms with Crippen LogP contribution in [0.1, 0.15) is 27.2 Å². The van der Waals surface area contributed by atoms with E-state index in [0.29, 0.717) is 12.3 Å². The number of hydrogen-bond donors (Lipinski definition) is 1. The lowest BCUT2D eigenvalue weighted by Crippen LogP contribution is -2.41. The van der Waals surface area contributed by atoms with Crippen molar-refractivity contribution in [3.63, 3.8) is 0 Å². The number of benzene rings is 1. The minimum Gasteiger partial charge on any atom is -0.457 e. The van der Waals surface area contributed by atoms with Gasteiger partial charge in [-0.2, -0.15) is 0 Å². The van der Waals surface area contributed by atoms with Crippen molar-refractivity contribution in [1.82, 2.24) is 10.3 Å². The molecule has 1 aromatic heterocycles. The zero-order valence-corrected chi connectivity index (χ0v) is 18.9. The van der Waals surface area contributed by atoms with Gasteiger partial charge in [0, 0.05) is 12.3 Å². The summed E-state index contributed by atoms with van der Waals surface area (Å²) in [7, 11) is 0. The summed E-state index contributed by atoms with van der Waals surface area (Å²) in [5, 5.41) is 3.83. The summed E-state index contributed by atoms with van der Waals surface area (Å²) >= 11 is 11.3. The summed E-state index contributed by atoms with van der Waals surface area (Å²) in [6.45, 7) is 5.18. The third-order valence-electron chi connectivity index (χ3n) is 3.75. The van der Waals surface area contributed by atoms with E-state index in [1.165, 1.54) is 18.7 Å². The number of ether oxygens (including phenoxy) is 1. The molecule has 4 nitrogen and oxygen atoms in total. The molecule has 0 aliphatic heterocycles. The number of aromatic nitrogens is 1. The van der Waals surface area contributed by atoms with Gasteiger partial charge in [-0.25, -0.2) is 4.98 Å². The predicted octanol–water partition coefficient (Wildman–Crippen LogP) is 4.98. The van der Waals surface area contributed by atoms with Gasteiger partial charge in [-0.3, -0.25) is 4.79 Å². The third kappa shape index (κ3) is 6.03. The van der Waals surface area contributed by atoms with Crippen LogP contribution in [0.3, 0.4) is 0 Å². The molecule has 0 bridgehead atoms. The van der Waals surface area contributed by atoms with Crippen LogP contribution in [0.5, 0.6) is 5.88 Å². The highest BCUT2D eigenvalue weighted by Crippen LogP contribution is 2.35. The Kier molecular flexibility index (Phi) is 7.44. The largest absolute Gasteiger partial charge is 0.457 e. The number of fused-ring (bicyclic) bond motifs is 1. The molecule has 1 aromatic carbocycles. The number of nitrogens with one attached hydrogen (secondary N) is 1. The van der Waals surface area contributed by atoms with Gasteiger partial charge in [-0.1, -0.05) is 30.0 Å². The number of nitrogens with zero attached hydrogens (tertiary/aromatic N) is 1. The maximum Gasteiger partial charge on any atom is 0.230 e. The molecule has 0 radical (unpaired) electrons. The van der Waals surface area contributed by atoms with Gasteiger partial charge in [0.25, 0.3) is 0 Å². The first-order chi connectivity index (χ1) is 12.7. The molecule has 7 heteroatoms. The van der Waals surface area contributed by atoms with Crippen molar-refractivity contribution in [2.24, 2.45) is 0 Å². The van der Waals surface area contributed by atoms with Crippen molar-refractivity contribution in [3.8, 4) is 17.7 Å². The molecule has 0 saturated heterocycles. The molecule has 1 N–H and O–H groups in total. The minimum atomic E-state index is -0.751. The van der Waals surface area contributed by atoms with Crippen LogP contribution in [0.4, 0.5) is 0 Å². The maximum atomic E-state index is 11.3. The molecule has 0 fully saturated rings. The Morgan fingerprint density at radius 1 is 1.41 bits per heavy atom. The lowest BCUT2D eigenvalue weighted by atomic mass is 10.1. The lowest BCUT2D eigenvalue weighted by Gasteiger charge is -2.29. The molecule has 2 aromatic rings. The fourth-order valence-electron chi connectivity index (χ4n) is 2.47. The smallest absolute Gasteiger partial charge is 0.230 e. The Morgan fingerprint density at radius 2 is 2.11 bits per heavy atom. The number of halogens is 2. The summed E-state index contributed by atoms with van der Waals surface area (Å²) in [6.07, 6.45) is 2.32. The van der Waals surface area contributed by atoms with E-state index in [4.69, 9.17) is 16.3 Å². The van der Waals surface area contributed by atoms with Gasteiger partial charge in [-0.15, -0.1) is 23.4 Å². The summed E-state index contributed by atoms with van der Waals surface area (Å²) in [5.74, 6) is 6.79. The molecular weight excluding hydrogens is 448 g/mol. The minimum absolute atomic E-state index is 0.122. The number of hydrogen-bond acceptors (Lipinski definition) is 4. The van der Waals surface area contributed by atoms with E-state index in [9.17, 15) is 4.79 Å². The zero-order chi connectivity index (χ0) is 20.1. The van der Waals surface area contributed by atoms with Crippen LogP contribution in [-0.2, 0) is 4.79 Å². The van der Waals surface area contributed by atoms with Gasteiger partial charge in [0.05, 0.1) is 27.8 Å². The summed E-state index contributed by atoms with van der Waals surface area (Å²) in [4.78, 5) is 15.1. The molecule has 144 valence electrons. The second-order valence-corrected chi connectivity index (χ2v) is 8.88. The van der Waals surface area contributed by atoms with E-state index < -0.39 is 10.5 Å². The van der Waals surface area contributed by atoms with Crippen molar-refractivity contribution in [3.05, 3.63) is 34.8 Å². The Balaban J connectivity index is 2.27. The average molecular weight is 470 g/mol. The second-order valence-electron chi connectivity index (χ2n) is 6.60. The first-order valence-electron chi connectivity index (χ1n) is 8.34. The maximum absolute atomic E-state index is 11.3. The van der Waals surface area contributed by atoms with Gasteiger partial charge in [0.15, 0.2) is 4.93 Å². The van der Waals surface area contributed by atoms with Gasteiger partial charge in [0.2, 0.25) is 11.8 Å². The van der Waals surface area contributed by atoms with E-state index in [2.05, 4.69) is 38.1 Å². The normalized spacial score (nSPS) is 13.4. The number of carbonyl (C=O) groups is 1. The van der Waals surface area contributed by atoms with Crippen molar-refractivity contribution in [2.75, 3.05) is 12.1 Å². The van der Waals surface area contributed by atoms with E-state index in [-0.39, 0.29) is 11.8 Å². The highest BCUT2D eigenvalue weighted by Gasteiger charge is 2.31. The number of pyridine rings is 1. The van der Waals surface area contributed by atoms with Crippen LogP contribution in [0.15, 0.2) is 34.8 Å². The molecule has 1 amide bonds. The van der Waals surface area contributed by atoms with Gasteiger partial charge in [-0.05, 0) is 48.2 Å². The van der Waals surface area contributed by atoms with E-state index in [1.807, 2.05) is 50.4 Å². The summed E-state index contributed by atoms with van der Waals surface area (Å²) in [5.41, 5.74) is 0.225. The number of alkyl halides is 1. The van der Waals surface area contributed by atoms with Crippen molar-refractivity contribution >= 4 is 56.1 Å². The van der Waals surface area contributed by atoms with Crippen LogP contribution in [0, 0.1) is 11.8 Å². The highest BCUT2D eigenvalue weighted by atomic mass is 79.9. The van der Waals surface area contributed by atoms with E-state index in [0.717, 1.165) is 15.4 Å². The molecule has 0 spiro atoms. The number of amides is 1. The van der Waals surface area contributed by atoms with E-state index in [1.54, 1.807) is 0 Å². The van der Waals surface area contributed by atoms with Crippen molar-refractivity contribution in [1.29, 1.82) is 0 Å². The molecule has 2 rings (SSSR count). The van der Waals surface area contributed by atoms with Crippen LogP contribution >= 0.6 is 39.3 Å². The zero-order valence-electron chi connectivity index (χ0n) is 15.7. The Labute approximate surface area is 177 Å². The molecule has 27 heavy (non-hydrogen) atoms. The molecular formula is C20H22BrClN2O2S. The highest BCUT2D eigenvalue weighted by molar-refractivity contribution is 9.10. The van der Waals surface area contributed by atoms with Crippen LogP contribution in [-0.4, -0.2) is 33.5 Å². The first-order valence-corrected chi connectivity index (χ1v) is 10.9. The van der Waals surface area contributed by atoms with E-state index >= 15 is 0 Å². The Morgan fingerprint density at radius 3 is 2.74 bits per heavy atom. The molecule has 0 aliphatic carbocycles. The van der Waals surface area contributed by atoms with Crippen LogP contribution in [0.25, 0.3) is 10.9 Å². The average Bonchev–Trinajstić information content (AvgIpc) is 2.60. The van der Waals surface area contributed by atoms with Crippen LogP contribution in [0.2, 0.25) is 0 Å². The molecule has 1 atom stereocenters. The Hall–Kier alpha value is -1.42. The number of carbonyl (C=O) groups excluding carboxylic acids is 1. The Bertz CT molecular complexity index is 888. The summed E-state index contributed by atoms with van der Waals surface area (Å²) < 4.78 is 6.98. The number of rotatable bonds is 6. The monoisotopic (exact) mass is 468 g/mol. The SMILES string of the molecule is CSC(CCl)(CC#CC(C)(C)NC(C)=O)Oc1nc2ccccc2cc1Br. The molecule has 1 heterocycles. The predicted molar refractivity (Wildman–Crippen MR) is 117 cm³/mol. The fraction of sp³-hybridized carbons (Fsp3) is 0.400. The third-order valence-corrected chi connectivity index (χ3v) is 6.03. The molecule has 0 saturated carbocycles. The topological polar surface area (TPSA) is 51.2 Å². The first kappa shape index (κ1) is 21.9. The fourth-order valence-corrected chi connectivity index (χ4v) is 3.85. The van der Waals surface area contributed by atoms with Gasteiger partial charge < -0.3 is 10.1 Å². The molecule has 0 aliphatic rings. The number of para-hydroxylation sites is 1. The second kappa shape index (κ2) is 9.18. The lowest BCUT2D eigenvalue weighted by molar-refractivity contribution is -0.119. The quantitative estimate of drug-likeness (QED) is 0.368.